The van der Waals surface area contributed by atoms with Gasteiger partial charge in [0.15, 0.2) is 0 Å². The predicted molar refractivity (Wildman–Crippen MR) is 82.4 cm³/mol. The quantitative estimate of drug-likeness (QED) is 0.796. The Morgan fingerprint density at radius 3 is 2.15 bits per heavy atom. The molecule has 0 aromatic carbocycles. The van der Waals surface area contributed by atoms with Gasteiger partial charge in [0.2, 0.25) is 5.91 Å². The minimum atomic E-state index is 0.162. The molecule has 0 aromatic heterocycles. The van der Waals surface area contributed by atoms with Gasteiger partial charge in [-0.2, -0.15) is 0 Å². The molecule has 116 valence electrons. The predicted octanol–water partition coefficient (Wildman–Crippen LogP) is 1.69. The van der Waals surface area contributed by atoms with Gasteiger partial charge in [-0.05, 0) is 46.0 Å². The zero-order chi connectivity index (χ0) is 14.9. The average molecular weight is 281 g/mol. The summed E-state index contributed by atoms with van der Waals surface area (Å²) in [5.41, 5.74) is 6.29. The van der Waals surface area contributed by atoms with E-state index in [0.29, 0.717) is 11.8 Å². The van der Waals surface area contributed by atoms with E-state index in [-0.39, 0.29) is 17.5 Å². The monoisotopic (exact) mass is 281 g/mol. The summed E-state index contributed by atoms with van der Waals surface area (Å²) in [5.74, 6) is 1.10. The van der Waals surface area contributed by atoms with Crippen LogP contribution in [-0.4, -0.2) is 53.5 Å². The van der Waals surface area contributed by atoms with Crippen LogP contribution >= 0.6 is 0 Å². The maximum absolute atomic E-state index is 12.7. The van der Waals surface area contributed by atoms with Crippen molar-refractivity contribution in [2.75, 3.05) is 26.2 Å². The van der Waals surface area contributed by atoms with Gasteiger partial charge in [0.05, 0.1) is 0 Å². The lowest BCUT2D eigenvalue weighted by Crippen LogP contribution is -2.56. The van der Waals surface area contributed by atoms with Crippen LogP contribution in [0.15, 0.2) is 0 Å². The van der Waals surface area contributed by atoms with Crippen molar-refractivity contribution in [2.24, 2.45) is 17.6 Å². The van der Waals surface area contributed by atoms with E-state index in [4.69, 9.17) is 5.73 Å². The normalized spacial score (nSPS) is 33.2. The summed E-state index contributed by atoms with van der Waals surface area (Å²) in [4.78, 5) is 17.2. The van der Waals surface area contributed by atoms with Crippen molar-refractivity contribution in [1.29, 1.82) is 0 Å². The number of carbonyl (C=O) groups excluding carboxylic acids is 1. The molecule has 1 aliphatic heterocycles. The molecule has 4 heteroatoms. The second-order valence-electron chi connectivity index (χ2n) is 7.75. The van der Waals surface area contributed by atoms with E-state index in [1.165, 1.54) is 0 Å². The van der Waals surface area contributed by atoms with E-state index in [9.17, 15) is 4.79 Å². The fourth-order valence-electron chi connectivity index (χ4n) is 3.71. The molecule has 1 heterocycles. The standard InChI is InChI=1S/C16H31N3O/c1-12-9-13(11-14(17)10-12)15(20)18-5-7-19(8-6-18)16(2,3)4/h12-14H,5-11,17H2,1-4H3. The Morgan fingerprint density at radius 1 is 1.05 bits per heavy atom. The van der Waals surface area contributed by atoms with E-state index >= 15 is 0 Å². The second kappa shape index (κ2) is 6.02. The summed E-state index contributed by atoms with van der Waals surface area (Å²) in [7, 11) is 0. The highest BCUT2D eigenvalue weighted by Gasteiger charge is 2.34. The van der Waals surface area contributed by atoms with Crippen molar-refractivity contribution in [3.05, 3.63) is 0 Å². The molecule has 2 aliphatic rings. The van der Waals surface area contributed by atoms with Crippen LogP contribution in [-0.2, 0) is 4.79 Å². The third-order valence-corrected chi connectivity index (χ3v) is 4.87. The highest BCUT2D eigenvalue weighted by atomic mass is 16.2. The van der Waals surface area contributed by atoms with E-state index in [0.717, 1.165) is 45.4 Å². The van der Waals surface area contributed by atoms with Crippen LogP contribution in [0.2, 0.25) is 0 Å². The molecule has 0 bridgehead atoms. The first-order valence-electron chi connectivity index (χ1n) is 8.07. The van der Waals surface area contributed by atoms with Crippen LogP contribution < -0.4 is 5.73 Å². The number of carbonyl (C=O) groups is 1. The Morgan fingerprint density at radius 2 is 1.65 bits per heavy atom. The topological polar surface area (TPSA) is 49.6 Å². The molecule has 20 heavy (non-hydrogen) atoms. The van der Waals surface area contributed by atoms with Crippen LogP contribution in [0.3, 0.4) is 0 Å². The number of rotatable bonds is 1. The average Bonchev–Trinajstić information content (AvgIpc) is 2.36. The van der Waals surface area contributed by atoms with Gasteiger partial charge in [-0.15, -0.1) is 0 Å². The molecule has 0 aromatic rings. The molecule has 1 saturated carbocycles. The third kappa shape index (κ3) is 3.73. The Bertz CT molecular complexity index is 332. The van der Waals surface area contributed by atoms with Crippen molar-refractivity contribution in [3.8, 4) is 0 Å². The van der Waals surface area contributed by atoms with Crippen LogP contribution in [0.1, 0.15) is 47.0 Å². The Balaban J connectivity index is 1.88. The zero-order valence-electron chi connectivity index (χ0n) is 13.6. The van der Waals surface area contributed by atoms with E-state index in [1.54, 1.807) is 0 Å². The minimum absolute atomic E-state index is 0.162. The first kappa shape index (κ1) is 15.8. The summed E-state index contributed by atoms with van der Waals surface area (Å²) in [5, 5.41) is 0. The molecule has 1 amide bonds. The summed E-state index contributed by atoms with van der Waals surface area (Å²) < 4.78 is 0. The fraction of sp³-hybridized carbons (Fsp3) is 0.938. The molecule has 2 fully saturated rings. The lowest BCUT2D eigenvalue weighted by atomic mass is 9.79. The largest absolute Gasteiger partial charge is 0.340 e. The molecular formula is C16H31N3O. The molecule has 1 saturated heterocycles. The molecule has 4 nitrogen and oxygen atoms in total. The minimum Gasteiger partial charge on any atom is -0.340 e. The van der Waals surface area contributed by atoms with Crippen LogP contribution in [0.25, 0.3) is 0 Å². The van der Waals surface area contributed by atoms with E-state index < -0.39 is 0 Å². The number of piperazine rings is 1. The van der Waals surface area contributed by atoms with E-state index in [2.05, 4.69) is 37.5 Å². The van der Waals surface area contributed by atoms with Gasteiger partial charge in [0, 0.05) is 43.7 Å². The van der Waals surface area contributed by atoms with Gasteiger partial charge in [0.1, 0.15) is 0 Å². The molecule has 0 radical (unpaired) electrons. The van der Waals surface area contributed by atoms with Gasteiger partial charge in [0.25, 0.3) is 0 Å². The molecule has 1 aliphatic carbocycles. The van der Waals surface area contributed by atoms with Crippen molar-refractivity contribution in [3.63, 3.8) is 0 Å². The highest BCUT2D eigenvalue weighted by Crippen LogP contribution is 2.30. The zero-order valence-corrected chi connectivity index (χ0v) is 13.6. The lowest BCUT2D eigenvalue weighted by Gasteiger charge is -2.43. The van der Waals surface area contributed by atoms with Crippen molar-refractivity contribution in [2.45, 2.75) is 58.5 Å². The Hall–Kier alpha value is -0.610. The van der Waals surface area contributed by atoms with Crippen molar-refractivity contribution < 1.29 is 4.79 Å². The van der Waals surface area contributed by atoms with Gasteiger partial charge < -0.3 is 10.6 Å². The fourth-order valence-corrected chi connectivity index (χ4v) is 3.71. The number of amides is 1. The van der Waals surface area contributed by atoms with E-state index in [1.807, 2.05) is 0 Å². The summed E-state index contributed by atoms with van der Waals surface area (Å²) in [6, 6.07) is 0.212. The van der Waals surface area contributed by atoms with Crippen molar-refractivity contribution >= 4 is 5.91 Å². The molecule has 3 atom stereocenters. The molecule has 2 rings (SSSR count). The summed E-state index contributed by atoms with van der Waals surface area (Å²) >= 11 is 0. The van der Waals surface area contributed by atoms with Gasteiger partial charge in [-0.3, -0.25) is 9.69 Å². The maximum atomic E-state index is 12.7. The Labute approximate surface area is 123 Å². The van der Waals surface area contributed by atoms with Gasteiger partial charge in [-0.1, -0.05) is 6.92 Å². The number of nitrogens with zero attached hydrogens (tertiary/aromatic N) is 2. The lowest BCUT2D eigenvalue weighted by molar-refractivity contribution is -0.139. The smallest absolute Gasteiger partial charge is 0.225 e. The van der Waals surface area contributed by atoms with Crippen molar-refractivity contribution in [1.82, 2.24) is 9.80 Å². The molecule has 0 spiro atoms. The first-order chi connectivity index (χ1) is 9.27. The SMILES string of the molecule is CC1CC(N)CC(C(=O)N2CCN(C(C)(C)C)CC2)C1. The maximum Gasteiger partial charge on any atom is 0.225 e. The van der Waals surface area contributed by atoms with Crippen LogP contribution in [0, 0.1) is 11.8 Å². The molecule has 3 unspecified atom stereocenters. The van der Waals surface area contributed by atoms with Gasteiger partial charge >= 0.3 is 0 Å². The van der Waals surface area contributed by atoms with Gasteiger partial charge in [-0.25, -0.2) is 0 Å². The van der Waals surface area contributed by atoms with Crippen LogP contribution in [0.5, 0.6) is 0 Å². The number of hydrogen-bond acceptors (Lipinski definition) is 3. The second-order valence-corrected chi connectivity index (χ2v) is 7.75. The highest BCUT2D eigenvalue weighted by molar-refractivity contribution is 5.79. The summed E-state index contributed by atoms with van der Waals surface area (Å²) in [6.45, 7) is 12.7. The Kier molecular flexibility index (Phi) is 4.75. The summed E-state index contributed by atoms with van der Waals surface area (Å²) in [6.07, 6.45) is 2.97. The number of nitrogens with two attached hydrogens (primary N) is 1. The number of hydrogen-bond donors (Lipinski definition) is 1. The molecule has 2 N–H and O–H groups in total. The third-order valence-electron chi connectivity index (χ3n) is 4.87. The molecular weight excluding hydrogens is 250 g/mol. The van der Waals surface area contributed by atoms with Crippen LogP contribution in [0.4, 0.5) is 0 Å². The first-order valence-corrected chi connectivity index (χ1v) is 8.07.